The summed E-state index contributed by atoms with van der Waals surface area (Å²) in [5.74, 6) is -2.53. The molecule has 0 fully saturated rings. The van der Waals surface area contributed by atoms with Crippen molar-refractivity contribution in [2.75, 3.05) is 5.73 Å². The first-order chi connectivity index (χ1) is 10.9. The summed E-state index contributed by atoms with van der Waals surface area (Å²) in [5, 5.41) is 0. The third-order valence-corrected chi connectivity index (χ3v) is 2.59. The summed E-state index contributed by atoms with van der Waals surface area (Å²) in [4.78, 5) is 24.9. The molecule has 24 heavy (non-hydrogen) atoms. The lowest BCUT2D eigenvalue weighted by Gasteiger charge is -2.26. The molecule has 1 aromatic carbocycles. The molecule has 5 nitrogen and oxygen atoms in total. The lowest BCUT2D eigenvalue weighted by atomic mass is 9.96. The average Bonchev–Trinajstić information content (AvgIpc) is 2.39. The van der Waals surface area contributed by atoms with Gasteiger partial charge in [-0.05, 0) is 47.6 Å². The fourth-order valence-electron chi connectivity index (χ4n) is 1.85. The molecule has 5 heteroatoms. The minimum atomic E-state index is -1.19. The summed E-state index contributed by atoms with van der Waals surface area (Å²) >= 11 is 0. The van der Waals surface area contributed by atoms with E-state index in [2.05, 4.69) is 0 Å². The number of carbonyl (C=O) groups excluding carboxylic acids is 2. The van der Waals surface area contributed by atoms with E-state index in [9.17, 15) is 9.59 Å². The number of benzene rings is 1. The van der Waals surface area contributed by atoms with Crippen LogP contribution in [0.25, 0.3) is 0 Å². The molecule has 1 aromatic rings. The van der Waals surface area contributed by atoms with Crippen LogP contribution in [0.15, 0.2) is 24.3 Å². The zero-order valence-electron chi connectivity index (χ0n) is 16.1. The Hall–Kier alpha value is -2.04. The summed E-state index contributed by atoms with van der Waals surface area (Å²) in [7, 11) is 0. The van der Waals surface area contributed by atoms with E-state index in [1.165, 1.54) is 0 Å². The van der Waals surface area contributed by atoms with Gasteiger partial charge in [-0.15, -0.1) is 0 Å². The van der Waals surface area contributed by atoms with Gasteiger partial charge in [0.1, 0.15) is 11.2 Å². The van der Waals surface area contributed by atoms with E-state index in [4.69, 9.17) is 15.2 Å². The molecule has 0 radical (unpaired) electrons. The Bertz CT molecular complexity index is 525. The maximum atomic E-state index is 12.5. The van der Waals surface area contributed by atoms with Crippen molar-refractivity contribution in [2.45, 2.75) is 72.5 Å². The maximum absolute atomic E-state index is 12.5. The van der Waals surface area contributed by atoms with Crippen LogP contribution in [-0.2, 0) is 19.1 Å². The van der Waals surface area contributed by atoms with Gasteiger partial charge in [0.05, 0.1) is 0 Å². The highest BCUT2D eigenvalue weighted by molar-refractivity contribution is 6.02. The van der Waals surface area contributed by atoms with Gasteiger partial charge in [0.15, 0.2) is 5.92 Å². The van der Waals surface area contributed by atoms with Crippen LogP contribution in [0.1, 0.15) is 66.9 Å². The van der Waals surface area contributed by atoms with Gasteiger partial charge < -0.3 is 15.2 Å². The predicted molar refractivity (Wildman–Crippen MR) is 96.6 cm³/mol. The van der Waals surface area contributed by atoms with Crippen molar-refractivity contribution in [3.63, 3.8) is 0 Å². The van der Waals surface area contributed by atoms with Gasteiger partial charge in [0.25, 0.3) is 0 Å². The molecule has 0 aromatic heterocycles. The predicted octanol–water partition coefficient (Wildman–Crippen LogP) is 4.06. The third kappa shape index (κ3) is 7.49. The Labute approximate surface area is 145 Å². The van der Waals surface area contributed by atoms with Crippen molar-refractivity contribution in [3.8, 4) is 0 Å². The molecule has 0 amide bonds. The number of hydrogen-bond donors (Lipinski definition) is 1. The second-order valence-electron chi connectivity index (χ2n) is 7.13. The molecule has 136 valence electrons. The normalized spacial score (nSPS) is 11.4. The zero-order chi connectivity index (χ0) is 19.1. The largest absolute Gasteiger partial charge is 0.459 e. The Morgan fingerprint density at radius 3 is 1.58 bits per heavy atom. The summed E-state index contributed by atoms with van der Waals surface area (Å²) < 4.78 is 10.7. The maximum Gasteiger partial charge on any atom is 0.325 e. The van der Waals surface area contributed by atoms with Gasteiger partial charge in [-0.25, -0.2) is 0 Å². The molecule has 0 bridgehead atoms. The van der Waals surface area contributed by atoms with Gasteiger partial charge in [0, 0.05) is 11.3 Å². The third-order valence-electron chi connectivity index (χ3n) is 2.59. The minimum Gasteiger partial charge on any atom is -0.459 e. The van der Waals surface area contributed by atoms with Gasteiger partial charge in [-0.2, -0.15) is 0 Å². The number of nitrogen functional groups attached to an aromatic ring is 1. The fourth-order valence-corrected chi connectivity index (χ4v) is 1.85. The van der Waals surface area contributed by atoms with Crippen LogP contribution >= 0.6 is 0 Å². The number of anilines is 1. The Kier molecular flexibility index (Phi) is 7.97. The van der Waals surface area contributed by atoms with Crippen molar-refractivity contribution in [2.24, 2.45) is 0 Å². The number of para-hydroxylation sites is 1. The van der Waals surface area contributed by atoms with Crippen molar-refractivity contribution < 1.29 is 19.1 Å². The zero-order valence-corrected chi connectivity index (χ0v) is 16.1. The molecule has 0 atom stereocenters. The molecule has 0 aliphatic carbocycles. The van der Waals surface area contributed by atoms with Crippen LogP contribution in [-0.4, -0.2) is 23.1 Å². The first-order valence-corrected chi connectivity index (χ1v) is 8.21. The summed E-state index contributed by atoms with van der Waals surface area (Å²) in [6, 6.07) is 6.72. The van der Waals surface area contributed by atoms with E-state index in [1.807, 2.05) is 13.8 Å². The molecule has 0 aliphatic rings. The Morgan fingerprint density at radius 1 is 0.875 bits per heavy atom. The number of rotatable bonds is 3. The highest BCUT2D eigenvalue weighted by Crippen LogP contribution is 2.28. The summed E-state index contributed by atoms with van der Waals surface area (Å²) in [6.07, 6.45) is 0. The number of carbonyl (C=O) groups is 2. The molecule has 2 N–H and O–H groups in total. The van der Waals surface area contributed by atoms with Crippen molar-refractivity contribution in [3.05, 3.63) is 29.8 Å². The monoisotopic (exact) mass is 337 g/mol. The van der Waals surface area contributed by atoms with Crippen molar-refractivity contribution in [1.29, 1.82) is 0 Å². The first-order valence-electron chi connectivity index (χ1n) is 8.21. The average molecular weight is 337 g/mol. The molecule has 0 unspecified atom stereocenters. The van der Waals surface area contributed by atoms with Crippen LogP contribution in [0.3, 0.4) is 0 Å². The van der Waals surface area contributed by atoms with Crippen LogP contribution in [0.2, 0.25) is 0 Å². The van der Waals surface area contributed by atoms with E-state index in [0.29, 0.717) is 11.3 Å². The highest BCUT2D eigenvalue weighted by Gasteiger charge is 2.37. The van der Waals surface area contributed by atoms with E-state index in [1.54, 1.807) is 65.8 Å². The topological polar surface area (TPSA) is 78.6 Å². The van der Waals surface area contributed by atoms with Gasteiger partial charge in [-0.1, -0.05) is 32.0 Å². The molecule has 0 saturated heterocycles. The lowest BCUT2D eigenvalue weighted by Crippen LogP contribution is -2.35. The molecular weight excluding hydrogens is 306 g/mol. The number of esters is 2. The van der Waals surface area contributed by atoms with E-state index in [-0.39, 0.29) is 0 Å². The number of hydrogen-bond acceptors (Lipinski definition) is 5. The smallest absolute Gasteiger partial charge is 0.325 e. The Morgan fingerprint density at radius 2 is 1.25 bits per heavy atom. The molecule has 0 saturated carbocycles. The van der Waals surface area contributed by atoms with Crippen LogP contribution < -0.4 is 5.73 Å². The van der Waals surface area contributed by atoms with Gasteiger partial charge in [-0.3, -0.25) is 9.59 Å². The second-order valence-corrected chi connectivity index (χ2v) is 7.13. The Balaban J connectivity index is 0.00000254. The SMILES string of the molecule is CC.CC(C)(C)OC(=O)C(C(=O)OC(C)(C)C)c1ccccc1N. The lowest BCUT2D eigenvalue weighted by molar-refractivity contribution is -0.169. The molecule has 0 heterocycles. The van der Waals surface area contributed by atoms with E-state index >= 15 is 0 Å². The minimum absolute atomic E-state index is 0.351. The molecule has 0 spiro atoms. The first kappa shape index (κ1) is 22.0. The quantitative estimate of drug-likeness (QED) is 0.511. The fraction of sp³-hybridized carbons (Fsp3) is 0.579. The molecule has 1 rings (SSSR count). The van der Waals surface area contributed by atoms with E-state index < -0.39 is 29.1 Å². The summed E-state index contributed by atoms with van der Waals surface area (Å²) in [6.45, 7) is 14.4. The van der Waals surface area contributed by atoms with Crippen LogP contribution in [0.5, 0.6) is 0 Å². The van der Waals surface area contributed by atoms with Crippen molar-refractivity contribution in [1.82, 2.24) is 0 Å². The van der Waals surface area contributed by atoms with Crippen molar-refractivity contribution >= 4 is 17.6 Å². The van der Waals surface area contributed by atoms with Gasteiger partial charge >= 0.3 is 11.9 Å². The summed E-state index contributed by atoms with van der Waals surface area (Å²) in [5.41, 5.74) is 5.24. The number of nitrogens with two attached hydrogens (primary N) is 1. The van der Waals surface area contributed by atoms with Gasteiger partial charge in [0.2, 0.25) is 0 Å². The molecular formula is C19H31NO4. The second kappa shape index (κ2) is 8.71. The highest BCUT2D eigenvalue weighted by atomic mass is 16.6. The van der Waals surface area contributed by atoms with Crippen LogP contribution in [0.4, 0.5) is 5.69 Å². The standard InChI is InChI=1S/C17H25NO4.C2H6/c1-16(2,3)21-14(19)13(15(20)22-17(4,5)6)11-9-7-8-10-12(11)18;1-2/h7-10,13H,18H2,1-6H3;1-2H3. The number of ether oxygens (including phenoxy) is 2. The van der Waals surface area contributed by atoms with Crippen LogP contribution in [0, 0.1) is 0 Å². The van der Waals surface area contributed by atoms with E-state index in [0.717, 1.165) is 0 Å². The molecule has 0 aliphatic heterocycles.